The van der Waals surface area contributed by atoms with E-state index in [1.807, 2.05) is 23.1 Å². The summed E-state index contributed by atoms with van der Waals surface area (Å²) in [5, 5.41) is 3.06. The molecule has 6 heteroatoms. The van der Waals surface area contributed by atoms with Crippen molar-refractivity contribution < 1.29 is 14.3 Å². The number of urea groups is 1. The summed E-state index contributed by atoms with van der Waals surface area (Å²) in [6.07, 6.45) is 2.48. The molecule has 26 heavy (non-hydrogen) atoms. The Morgan fingerprint density at radius 2 is 1.85 bits per heavy atom. The van der Waals surface area contributed by atoms with Crippen LogP contribution < -0.4 is 5.32 Å². The van der Waals surface area contributed by atoms with Crippen LogP contribution in [-0.2, 0) is 9.53 Å². The highest BCUT2D eigenvalue weighted by Crippen LogP contribution is 2.18. The molecule has 2 aliphatic heterocycles. The van der Waals surface area contributed by atoms with Gasteiger partial charge in [0.05, 0.1) is 0 Å². The summed E-state index contributed by atoms with van der Waals surface area (Å²) < 4.78 is 5.48. The molecular weight excluding hydrogens is 330 g/mol. The van der Waals surface area contributed by atoms with Gasteiger partial charge in [0.1, 0.15) is 6.10 Å². The zero-order valence-electron chi connectivity index (χ0n) is 15.5. The van der Waals surface area contributed by atoms with Gasteiger partial charge in [-0.25, -0.2) is 4.79 Å². The topological polar surface area (TPSA) is 61.9 Å². The van der Waals surface area contributed by atoms with Crippen molar-refractivity contribution in [2.24, 2.45) is 0 Å². The lowest BCUT2D eigenvalue weighted by atomic mass is 9.97. The van der Waals surface area contributed by atoms with E-state index in [-0.39, 0.29) is 18.0 Å². The zero-order chi connectivity index (χ0) is 18.4. The van der Waals surface area contributed by atoms with Gasteiger partial charge in [0, 0.05) is 45.2 Å². The van der Waals surface area contributed by atoms with Crippen LogP contribution in [0.4, 0.5) is 4.79 Å². The van der Waals surface area contributed by atoms with Crippen LogP contribution in [0.15, 0.2) is 30.3 Å². The number of nitrogens with zero attached hydrogens (tertiary/aromatic N) is 2. The Bertz CT molecular complexity index is 594. The van der Waals surface area contributed by atoms with E-state index in [1.165, 1.54) is 5.56 Å². The fourth-order valence-corrected chi connectivity index (χ4v) is 3.65. The SMILES string of the molecule is CCC(CNC(=O)N1CCN(C(=O)C2CCCO2)CC1)c1ccccc1. The second kappa shape index (κ2) is 9.03. The number of hydrogen-bond donors (Lipinski definition) is 1. The Hall–Kier alpha value is -2.08. The quantitative estimate of drug-likeness (QED) is 0.877. The van der Waals surface area contributed by atoms with E-state index in [4.69, 9.17) is 4.74 Å². The van der Waals surface area contributed by atoms with Crippen molar-refractivity contribution >= 4 is 11.9 Å². The predicted octanol–water partition coefficient (Wildman–Crippen LogP) is 2.21. The maximum absolute atomic E-state index is 12.5. The molecule has 2 unspecified atom stereocenters. The molecule has 0 radical (unpaired) electrons. The van der Waals surface area contributed by atoms with Gasteiger partial charge in [-0.15, -0.1) is 0 Å². The number of carbonyl (C=O) groups is 2. The minimum Gasteiger partial charge on any atom is -0.368 e. The minimum atomic E-state index is -0.272. The summed E-state index contributed by atoms with van der Waals surface area (Å²) in [6.45, 7) is 5.77. The molecule has 1 N–H and O–H groups in total. The van der Waals surface area contributed by atoms with Crippen molar-refractivity contribution in [2.75, 3.05) is 39.3 Å². The molecule has 3 rings (SSSR count). The van der Waals surface area contributed by atoms with Crippen molar-refractivity contribution in [3.63, 3.8) is 0 Å². The highest BCUT2D eigenvalue weighted by molar-refractivity contribution is 5.81. The summed E-state index contributed by atoms with van der Waals surface area (Å²) in [4.78, 5) is 28.5. The van der Waals surface area contributed by atoms with Gasteiger partial charge in [-0.3, -0.25) is 4.79 Å². The lowest BCUT2D eigenvalue weighted by molar-refractivity contribution is -0.142. The lowest BCUT2D eigenvalue weighted by Gasteiger charge is -2.36. The standard InChI is InChI=1S/C20H29N3O3/c1-2-16(17-7-4-3-5-8-17)15-21-20(25)23-12-10-22(11-13-23)19(24)18-9-6-14-26-18/h3-5,7-8,16,18H,2,6,9-15H2,1H3,(H,21,25). The number of ether oxygens (including phenoxy) is 1. The molecule has 0 spiro atoms. The van der Waals surface area contributed by atoms with Crippen LogP contribution in [0.2, 0.25) is 0 Å². The van der Waals surface area contributed by atoms with E-state index in [0.29, 0.717) is 45.2 Å². The Balaban J connectivity index is 1.44. The van der Waals surface area contributed by atoms with Gasteiger partial charge in [0.15, 0.2) is 0 Å². The fourth-order valence-electron chi connectivity index (χ4n) is 3.65. The van der Waals surface area contributed by atoms with E-state index in [9.17, 15) is 9.59 Å². The lowest BCUT2D eigenvalue weighted by Crippen LogP contribution is -2.55. The molecule has 0 bridgehead atoms. The molecule has 2 atom stereocenters. The van der Waals surface area contributed by atoms with Crippen molar-refractivity contribution in [1.29, 1.82) is 0 Å². The number of hydrogen-bond acceptors (Lipinski definition) is 3. The number of carbonyl (C=O) groups excluding carboxylic acids is 2. The van der Waals surface area contributed by atoms with Gasteiger partial charge in [-0.2, -0.15) is 0 Å². The number of rotatable bonds is 5. The number of piperazine rings is 1. The molecule has 3 amide bonds. The molecule has 0 aliphatic carbocycles. The molecule has 0 aromatic heterocycles. The van der Waals surface area contributed by atoms with Crippen molar-refractivity contribution in [3.8, 4) is 0 Å². The maximum atomic E-state index is 12.5. The third-order valence-corrected chi connectivity index (χ3v) is 5.35. The molecule has 6 nitrogen and oxygen atoms in total. The summed E-state index contributed by atoms with van der Waals surface area (Å²) in [7, 11) is 0. The van der Waals surface area contributed by atoms with Crippen LogP contribution in [0.1, 0.15) is 37.7 Å². The number of amides is 3. The molecule has 1 aromatic rings. The van der Waals surface area contributed by atoms with Crippen LogP contribution in [0.3, 0.4) is 0 Å². The molecule has 1 aromatic carbocycles. The highest BCUT2D eigenvalue weighted by Gasteiger charge is 2.31. The van der Waals surface area contributed by atoms with Crippen LogP contribution in [-0.4, -0.2) is 67.2 Å². The maximum Gasteiger partial charge on any atom is 0.317 e. The Morgan fingerprint density at radius 1 is 1.15 bits per heavy atom. The summed E-state index contributed by atoms with van der Waals surface area (Å²) in [6, 6.07) is 10.2. The van der Waals surface area contributed by atoms with Crippen molar-refractivity contribution in [3.05, 3.63) is 35.9 Å². The average molecular weight is 359 g/mol. The third kappa shape index (κ3) is 4.55. The van der Waals surface area contributed by atoms with E-state index in [1.54, 1.807) is 4.90 Å². The van der Waals surface area contributed by atoms with E-state index in [0.717, 1.165) is 19.3 Å². The molecule has 2 fully saturated rings. The molecule has 2 heterocycles. The Kier molecular flexibility index (Phi) is 6.50. The second-order valence-corrected chi connectivity index (χ2v) is 7.02. The summed E-state index contributed by atoms with van der Waals surface area (Å²) in [5.74, 6) is 0.403. The van der Waals surface area contributed by atoms with E-state index < -0.39 is 0 Å². The normalized spacial score (nSPS) is 21.5. The molecule has 0 saturated carbocycles. The Labute approximate surface area is 155 Å². The first-order chi connectivity index (χ1) is 12.7. The first-order valence-corrected chi connectivity index (χ1v) is 9.67. The van der Waals surface area contributed by atoms with Crippen molar-refractivity contribution in [1.82, 2.24) is 15.1 Å². The first-order valence-electron chi connectivity index (χ1n) is 9.67. The number of nitrogens with one attached hydrogen (secondary N) is 1. The molecule has 142 valence electrons. The zero-order valence-corrected chi connectivity index (χ0v) is 15.5. The Morgan fingerprint density at radius 3 is 2.46 bits per heavy atom. The summed E-state index contributed by atoms with van der Waals surface area (Å²) >= 11 is 0. The second-order valence-electron chi connectivity index (χ2n) is 7.02. The average Bonchev–Trinajstić information content (AvgIpc) is 3.23. The van der Waals surface area contributed by atoms with Crippen LogP contribution in [0.5, 0.6) is 0 Å². The highest BCUT2D eigenvalue weighted by atomic mass is 16.5. The predicted molar refractivity (Wildman–Crippen MR) is 100.0 cm³/mol. The van der Waals surface area contributed by atoms with Crippen molar-refractivity contribution in [2.45, 2.75) is 38.2 Å². The van der Waals surface area contributed by atoms with Gasteiger partial charge in [0.25, 0.3) is 5.91 Å². The fraction of sp³-hybridized carbons (Fsp3) is 0.600. The van der Waals surface area contributed by atoms with Crippen LogP contribution in [0, 0.1) is 0 Å². The molecule has 2 saturated heterocycles. The monoisotopic (exact) mass is 359 g/mol. The third-order valence-electron chi connectivity index (χ3n) is 5.35. The van der Waals surface area contributed by atoms with Gasteiger partial charge in [-0.05, 0) is 24.8 Å². The largest absolute Gasteiger partial charge is 0.368 e. The molecule has 2 aliphatic rings. The van der Waals surface area contributed by atoms with E-state index >= 15 is 0 Å². The summed E-state index contributed by atoms with van der Waals surface area (Å²) in [5.41, 5.74) is 1.25. The minimum absolute atomic E-state index is 0.0383. The first kappa shape index (κ1) is 18.7. The van der Waals surface area contributed by atoms with Gasteiger partial charge in [-0.1, -0.05) is 37.3 Å². The van der Waals surface area contributed by atoms with Gasteiger partial charge < -0.3 is 19.9 Å². The van der Waals surface area contributed by atoms with Crippen LogP contribution in [0.25, 0.3) is 0 Å². The smallest absolute Gasteiger partial charge is 0.317 e. The van der Waals surface area contributed by atoms with Gasteiger partial charge in [0.2, 0.25) is 0 Å². The van der Waals surface area contributed by atoms with Crippen LogP contribution >= 0.6 is 0 Å². The van der Waals surface area contributed by atoms with E-state index in [2.05, 4.69) is 24.4 Å². The molecular formula is C20H29N3O3. The number of benzene rings is 1. The van der Waals surface area contributed by atoms with Gasteiger partial charge >= 0.3 is 6.03 Å².